The number of aromatic nitrogens is 2. The van der Waals surface area contributed by atoms with Gasteiger partial charge < -0.3 is 0 Å². The van der Waals surface area contributed by atoms with E-state index in [2.05, 4.69) is 12.1 Å². The molecule has 0 atom stereocenters. The minimum atomic E-state index is -5.11. The van der Waals surface area contributed by atoms with Gasteiger partial charge >= 0.3 is 311 Å². The molecule has 0 spiro atoms. The zero-order valence-corrected chi connectivity index (χ0v) is 30.9. The SMILES string of the molecule is Fc1ccc(-n2c3c(c4ccccc42)CCCC3)c(F)[c]1[Ti]([C]1=CC=CC1)([C]1=CC=CC1)[c]1c(F)ccc(-n2c3c(c4ccccc42)CCCC3)c1F. The monoisotopic (exact) mass is 742 g/mol. The molecule has 4 aromatic carbocycles. The third kappa shape index (κ3) is 4.74. The predicted octanol–water partition coefficient (Wildman–Crippen LogP) is 10.7. The fourth-order valence-electron chi connectivity index (χ4n) is 10.1. The molecule has 2 nitrogen and oxygen atoms in total. The van der Waals surface area contributed by atoms with Crippen molar-refractivity contribution >= 4 is 29.5 Å². The molecule has 0 saturated heterocycles. The molecule has 10 rings (SSSR count). The van der Waals surface area contributed by atoms with E-state index in [-0.39, 0.29) is 19.1 Å². The maximum atomic E-state index is 18.2. The molecule has 4 aliphatic rings. The van der Waals surface area contributed by atoms with Gasteiger partial charge in [0.2, 0.25) is 0 Å². The first-order valence-corrected chi connectivity index (χ1v) is 22.0. The molecule has 0 saturated carbocycles. The van der Waals surface area contributed by atoms with Gasteiger partial charge in [-0.25, -0.2) is 0 Å². The van der Waals surface area contributed by atoms with Gasteiger partial charge in [-0.3, -0.25) is 0 Å². The van der Waals surface area contributed by atoms with Crippen LogP contribution in [0.25, 0.3) is 33.2 Å². The molecule has 0 unspecified atom stereocenters. The van der Waals surface area contributed by atoms with Gasteiger partial charge in [-0.2, -0.15) is 0 Å². The number of rotatable bonds is 6. The van der Waals surface area contributed by atoms with Crippen LogP contribution >= 0.6 is 0 Å². The Balaban J connectivity index is 1.31. The zero-order valence-electron chi connectivity index (χ0n) is 29.4. The van der Waals surface area contributed by atoms with Crippen LogP contribution in [0.2, 0.25) is 0 Å². The zero-order chi connectivity index (χ0) is 35.8. The van der Waals surface area contributed by atoms with Crippen molar-refractivity contribution < 1.29 is 34.2 Å². The Labute approximate surface area is 309 Å². The summed E-state index contributed by atoms with van der Waals surface area (Å²) in [5.74, 6) is -2.98. The molecule has 7 heteroatoms. The molecule has 0 amide bonds. The van der Waals surface area contributed by atoms with Crippen LogP contribution in [0.15, 0.2) is 117 Å². The van der Waals surface area contributed by atoms with Crippen molar-refractivity contribution in [3.05, 3.63) is 163 Å². The fourth-order valence-corrected chi connectivity index (χ4v) is 18.3. The molecular weight excluding hydrogens is 704 g/mol. The van der Waals surface area contributed by atoms with Crippen molar-refractivity contribution in [1.29, 1.82) is 0 Å². The van der Waals surface area contributed by atoms with Gasteiger partial charge in [-0.05, 0) is 0 Å². The number of hydrogen-bond donors (Lipinski definition) is 0. The normalized spacial score (nSPS) is 16.8. The first kappa shape index (κ1) is 33.0. The van der Waals surface area contributed by atoms with E-state index in [1.807, 2.05) is 82.0 Å². The molecule has 53 heavy (non-hydrogen) atoms. The first-order chi connectivity index (χ1) is 26.0. The van der Waals surface area contributed by atoms with Gasteiger partial charge in [0.05, 0.1) is 0 Å². The van der Waals surface area contributed by atoms with E-state index in [0.717, 1.165) is 84.6 Å². The molecule has 0 fully saturated rings. The van der Waals surface area contributed by atoms with Crippen LogP contribution < -0.4 is 7.74 Å². The Hall–Kier alpha value is -4.65. The van der Waals surface area contributed by atoms with Gasteiger partial charge in [0, 0.05) is 0 Å². The third-order valence-electron chi connectivity index (χ3n) is 12.2. The fraction of sp³-hybridized carbons (Fsp3) is 0.217. The van der Waals surface area contributed by atoms with E-state index in [0.29, 0.717) is 20.6 Å². The van der Waals surface area contributed by atoms with Gasteiger partial charge in [0.25, 0.3) is 0 Å². The van der Waals surface area contributed by atoms with Gasteiger partial charge in [0.1, 0.15) is 0 Å². The Bertz CT molecular complexity index is 2450. The van der Waals surface area contributed by atoms with Gasteiger partial charge in [-0.15, -0.1) is 0 Å². The number of para-hydroxylation sites is 2. The summed E-state index contributed by atoms with van der Waals surface area (Å²) in [6.45, 7) is 0. The second kappa shape index (κ2) is 12.7. The molecule has 2 aromatic heterocycles. The van der Waals surface area contributed by atoms with Gasteiger partial charge in [0.15, 0.2) is 0 Å². The first-order valence-electron chi connectivity index (χ1n) is 18.9. The Morgan fingerprint density at radius 3 is 1.36 bits per heavy atom. The van der Waals surface area contributed by atoms with Crippen molar-refractivity contribution in [1.82, 2.24) is 9.13 Å². The number of hydrogen-bond acceptors (Lipinski definition) is 0. The second-order valence-corrected chi connectivity index (χ2v) is 20.8. The van der Waals surface area contributed by atoms with E-state index in [9.17, 15) is 0 Å². The third-order valence-corrected chi connectivity index (χ3v) is 20.2. The molecule has 0 bridgehead atoms. The average molecular weight is 743 g/mol. The van der Waals surface area contributed by atoms with E-state index < -0.39 is 39.9 Å². The number of nitrogens with zero attached hydrogens (tertiary/aromatic N) is 2. The molecule has 264 valence electrons. The summed E-state index contributed by atoms with van der Waals surface area (Å²) in [4.78, 5) is 0. The summed E-state index contributed by atoms with van der Waals surface area (Å²) in [7, 11) is 0. The summed E-state index contributed by atoms with van der Waals surface area (Å²) >= 11 is -5.11. The Morgan fingerprint density at radius 1 is 0.491 bits per heavy atom. The van der Waals surface area contributed by atoms with Gasteiger partial charge in [-0.1, -0.05) is 0 Å². The summed E-state index contributed by atoms with van der Waals surface area (Å²) in [6, 6.07) is 21.7. The number of allylic oxidation sites excluding steroid dienone is 8. The number of fused-ring (bicyclic) bond motifs is 6. The van der Waals surface area contributed by atoms with Crippen molar-refractivity contribution in [2.75, 3.05) is 0 Å². The van der Waals surface area contributed by atoms with Crippen LogP contribution in [0, 0.1) is 23.3 Å². The summed E-state index contributed by atoms with van der Waals surface area (Å²) in [5, 5.41) is 2.13. The summed E-state index contributed by atoms with van der Waals surface area (Å²) in [5.41, 5.74) is 6.64. The van der Waals surface area contributed by atoms with Crippen molar-refractivity contribution in [3.8, 4) is 11.4 Å². The van der Waals surface area contributed by atoms with Crippen LogP contribution in [-0.2, 0) is 42.3 Å². The maximum absolute atomic E-state index is 18.2. The Kier molecular flexibility index (Phi) is 7.93. The van der Waals surface area contributed by atoms with Crippen LogP contribution in [0.3, 0.4) is 0 Å². The topological polar surface area (TPSA) is 9.86 Å². The molecule has 0 aliphatic heterocycles. The molecule has 2 heterocycles. The molecule has 4 aliphatic carbocycles. The van der Waals surface area contributed by atoms with Crippen LogP contribution in [-0.4, -0.2) is 9.13 Å². The van der Waals surface area contributed by atoms with E-state index in [1.165, 1.54) is 35.4 Å². The van der Waals surface area contributed by atoms with Crippen molar-refractivity contribution in [3.63, 3.8) is 0 Å². The molecular formula is C46H38F4N2Ti. The van der Waals surface area contributed by atoms with E-state index >= 15 is 17.6 Å². The number of aryl methyl sites for hydroxylation is 2. The standard InChI is InChI=1S/2C18H14F2N.2C5H5.Ti/c2*19-12-9-10-18(15(20)11-12)21-16-7-3-1-5-13(16)14-6-2-4-8-17(14)21;2*1-2-4-5-3-1;/h2*1,3,5,7,9-10H,2,4,6,8H2;2*1-3H,4H2;. The van der Waals surface area contributed by atoms with Crippen molar-refractivity contribution in [2.45, 2.75) is 64.2 Å². The number of benzene rings is 4. The predicted molar refractivity (Wildman–Crippen MR) is 203 cm³/mol. The Morgan fingerprint density at radius 2 is 0.925 bits per heavy atom. The summed E-state index contributed by atoms with van der Waals surface area (Å²) < 4.78 is 75.7. The average Bonchev–Trinajstić information content (AvgIpc) is 4.01. The quantitative estimate of drug-likeness (QED) is 0.119. The molecule has 6 aromatic rings. The summed E-state index contributed by atoms with van der Waals surface area (Å²) in [6.07, 6.45) is 19.4. The van der Waals surface area contributed by atoms with E-state index in [1.54, 1.807) is 0 Å². The molecule has 0 radical (unpaired) electrons. The second-order valence-electron chi connectivity index (χ2n) is 14.9. The van der Waals surface area contributed by atoms with Crippen LogP contribution in [0.1, 0.15) is 61.0 Å². The van der Waals surface area contributed by atoms with Crippen molar-refractivity contribution in [2.24, 2.45) is 0 Å². The van der Waals surface area contributed by atoms with E-state index in [4.69, 9.17) is 0 Å². The molecule has 0 N–H and O–H groups in total. The van der Waals surface area contributed by atoms with Crippen LogP contribution in [0.5, 0.6) is 0 Å². The minimum absolute atomic E-state index is 0.163. The number of halogens is 4. The van der Waals surface area contributed by atoms with Crippen LogP contribution in [0.4, 0.5) is 17.6 Å².